The molecule has 0 spiro atoms. The highest BCUT2D eigenvalue weighted by Gasteiger charge is 2.05. The largest absolute Gasteiger partial charge is 0.465 e. The number of benzene rings is 1. The van der Waals surface area contributed by atoms with Crippen LogP contribution in [0.2, 0.25) is 0 Å². The highest BCUT2D eigenvalue weighted by molar-refractivity contribution is 5.26. The molecule has 2 unspecified atom stereocenters. The zero-order valence-corrected chi connectivity index (χ0v) is 10.8. The smallest absolute Gasteiger partial charge is 0.199 e. The summed E-state index contributed by atoms with van der Waals surface area (Å²) in [4.78, 5) is 0. The second kappa shape index (κ2) is 7.27. The van der Waals surface area contributed by atoms with Gasteiger partial charge in [0, 0.05) is 7.11 Å². The van der Waals surface area contributed by atoms with Gasteiger partial charge in [0.1, 0.15) is 5.75 Å². The van der Waals surface area contributed by atoms with Crippen LogP contribution in [0.5, 0.6) is 5.75 Å². The minimum Gasteiger partial charge on any atom is -0.465 e. The quantitative estimate of drug-likeness (QED) is 0.687. The second-order valence-electron chi connectivity index (χ2n) is 3.75. The minimum absolute atomic E-state index is 0.141. The number of rotatable bonds is 7. The molecule has 0 heterocycles. The van der Waals surface area contributed by atoms with E-state index < -0.39 is 0 Å². The van der Waals surface area contributed by atoms with Crippen LogP contribution in [0, 0.1) is 6.92 Å². The van der Waals surface area contributed by atoms with Crippen LogP contribution in [0.1, 0.15) is 19.4 Å². The van der Waals surface area contributed by atoms with Gasteiger partial charge in [0.25, 0.3) is 0 Å². The summed E-state index contributed by atoms with van der Waals surface area (Å²) in [5.41, 5.74) is 1.20. The number of hydrogen-bond acceptors (Lipinski definition) is 4. The van der Waals surface area contributed by atoms with Gasteiger partial charge in [-0.05, 0) is 32.9 Å². The first kappa shape index (κ1) is 14.0. The fourth-order valence-electron chi connectivity index (χ4n) is 1.14. The van der Waals surface area contributed by atoms with E-state index in [0.29, 0.717) is 0 Å². The van der Waals surface area contributed by atoms with Gasteiger partial charge in [-0.3, -0.25) is 0 Å². The van der Waals surface area contributed by atoms with Crippen molar-refractivity contribution in [3.8, 4) is 5.75 Å². The molecule has 4 heteroatoms. The third-order valence-corrected chi connectivity index (χ3v) is 2.26. The highest BCUT2D eigenvalue weighted by atomic mass is 16.8. The molecule has 1 rings (SSSR count). The lowest BCUT2D eigenvalue weighted by atomic mass is 10.2. The molecule has 0 aliphatic heterocycles. The van der Waals surface area contributed by atoms with E-state index in [2.05, 4.69) is 0 Å². The van der Waals surface area contributed by atoms with Crippen LogP contribution in [0.25, 0.3) is 0 Å². The maximum absolute atomic E-state index is 5.54. The minimum atomic E-state index is -0.359. The van der Waals surface area contributed by atoms with Crippen LogP contribution in [0.15, 0.2) is 24.3 Å². The van der Waals surface area contributed by atoms with Gasteiger partial charge in [0.2, 0.25) is 0 Å². The van der Waals surface area contributed by atoms with Crippen LogP contribution in [-0.2, 0) is 14.2 Å². The molecular formula is C13H20O4. The fraction of sp³-hybridized carbons (Fsp3) is 0.538. The third-order valence-electron chi connectivity index (χ3n) is 2.26. The molecule has 0 saturated carbocycles. The summed E-state index contributed by atoms with van der Waals surface area (Å²) < 4.78 is 21.0. The highest BCUT2D eigenvalue weighted by Crippen LogP contribution is 2.13. The fourth-order valence-corrected chi connectivity index (χ4v) is 1.14. The molecule has 0 saturated heterocycles. The van der Waals surface area contributed by atoms with Crippen molar-refractivity contribution in [2.75, 3.05) is 13.9 Å². The Hall–Kier alpha value is -1.10. The first-order valence-electron chi connectivity index (χ1n) is 5.61. The summed E-state index contributed by atoms with van der Waals surface area (Å²) in [6, 6.07) is 7.80. The van der Waals surface area contributed by atoms with E-state index in [9.17, 15) is 0 Å². The molecular weight excluding hydrogens is 220 g/mol. The number of hydrogen-bond donors (Lipinski definition) is 0. The first-order valence-corrected chi connectivity index (χ1v) is 5.61. The summed E-state index contributed by atoms with van der Waals surface area (Å²) in [5, 5.41) is 0. The molecule has 96 valence electrons. The van der Waals surface area contributed by atoms with E-state index in [1.165, 1.54) is 5.56 Å². The van der Waals surface area contributed by atoms with Crippen molar-refractivity contribution in [3.05, 3.63) is 29.8 Å². The number of ether oxygens (including phenoxy) is 4. The van der Waals surface area contributed by atoms with E-state index in [0.717, 1.165) is 5.75 Å². The van der Waals surface area contributed by atoms with E-state index in [4.69, 9.17) is 18.9 Å². The zero-order valence-electron chi connectivity index (χ0n) is 10.8. The van der Waals surface area contributed by atoms with Gasteiger partial charge in [0.05, 0.1) is 0 Å². The van der Waals surface area contributed by atoms with Gasteiger partial charge in [-0.15, -0.1) is 0 Å². The predicted octanol–water partition coefficient (Wildman–Crippen LogP) is 2.70. The number of aryl methyl sites for hydroxylation is 1. The van der Waals surface area contributed by atoms with Crippen molar-refractivity contribution in [2.45, 2.75) is 33.4 Å². The standard InChI is InChI=1S/C13H20O4/c1-10-5-7-13(8-6-10)17-12(3)16-9-15-11(2)14-4/h5-8,11-12H,9H2,1-4H3. The summed E-state index contributed by atoms with van der Waals surface area (Å²) in [6.07, 6.45) is -0.636. The average molecular weight is 240 g/mol. The topological polar surface area (TPSA) is 36.9 Å². The van der Waals surface area contributed by atoms with Crippen LogP contribution in [0.3, 0.4) is 0 Å². The van der Waals surface area contributed by atoms with Gasteiger partial charge < -0.3 is 18.9 Å². The average Bonchev–Trinajstić information content (AvgIpc) is 2.32. The van der Waals surface area contributed by atoms with E-state index in [1.807, 2.05) is 38.1 Å². The number of methoxy groups -OCH3 is 1. The molecule has 17 heavy (non-hydrogen) atoms. The molecule has 1 aromatic rings. The van der Waals surface area contributed by atoms with Crippen molar-refractivity contribution in [1.82, 2.24) is 0 Å². The Morgan fingerprint density at radius 3 is 2.18 bits per heavy atom. The van der Waals surface area contributed by atoms with E-state index in [-0.39, 0.29) is 19.4 Å². The zero-order chi connectivity index (χ0) is 12.7. The van der Waals surface area contributed by atoms with E-state index >= 15 is 0 Å². The molecule has 2 atom stereocenters. The normalized spacial score (nSPS) is 14.4. The van der Waals surface area contributed by atoms with Gasteiger partial charge in [-0.2, -0.15) is 0 Å². The molecule has 0 aliphatic carbocycles. The maximum Gasteiger partial charge on any atom is 0.199 e. The van der Waals surface area contributed by atoms with Crippen molar-refractivity contribution in [3.63, 3.8) is 0 Å². The molecule has 0 fully saturated rings. The van der Waals surface area contributed by atoms with Crippen molar-refractivity contribution in [1.29, 1.82) is 0 Å². The first-order chi connectivity index (χ1) is 8.11. The lowest BCUT2D eigenvalue weighted by molar-refractivity contribution is -0.212. The summed E-state index contributed by atoms with van der Waals surface area (Å²) in [6.45, 7) is 5.79. The third kappa shape index (κ3) is 5.68. The summed E-state index contributed by atoms with van der Waals surface area (Å²) >= 11 is 0. The van der Waals surface area contributed by atoms with Gasteiger partial charge in [-0.1, -0.05) is 17.7 Å². The van der Waals surface area contributed by atoms with E-state index in [1.54, 1.807) is 14.0 Å². The monoisotopic (exact) mass is 240 g/mol. The molecule has 0 aromatic heterocycles. The van der Waals surface area contributed by atoms with Crippen molar-refractivity contribution < 1.29 is 18.9 Å². The summed E-state index contributed by atoms with van der Waals surface area (Å²) in [5.74, 6) is 0.780. The molecule has 0 bridgehead atoms. The maximum atomic E-state index is 5.54. The summed E-state index contributed by atoms with van der Waals surface area (Å²) in [7, 11) is 1.58. The van der Waals surface area contributed by atoms with Gasteiger partial charge in [0.15, 0.2) is 19.4 Å². The Bertz CT molecular complexity index is 310. The lowest BCUT2D eigenvalue weighted by Crippen LogP contribution is -2.21. The Kier molecular flexibility index (Phi) is 5.97. The van der Waals surface area contributed by atoms with Crippen molar-refractivity contribution in [2.24, 2.45) is 0 Å². The molecule has 0 aliphatic rings. The SMILES string of the molecule is COC(C)OCOC(C)Oc1ccc(C)cc1. The van der Waals surface area contributed by atoms with Gasteiger partial charge >= 0.3 is 0 Å². The van der Waals surface area contributed by atoms with Crippen LogP contribution in [0.4, 0.5) is 0 Å². The van der Waals surface area contributed by atoms with Crippen LogP contribution in [-0.4, -0.2) is 26.5 Å². The molecule has 0 N–H and O–H groups in total. The molecule has 0 radical (unpaired) electrons. The van der Waals surface area contributed by atoms with Crippen LogP contribution < -0.4 is 4.74 Å². The Morgan fingerprint density at radius 2 is 1.59 bits per heavy atom. The van der Waals surface area contributed by atoms with Crippen LogP contribution >= 0.6 is 0 Å². The van der Waals surface area contributed by atoms with Crippen molar-refractivity contribution >= 4 is 0 Å². The Labute approximate surface area is 102 Å². The molecule has 4 nitrogen and oxygen atoms in total. The second-order valence-corrected chi connectivity index (χ2v) is 3.75. The molecule has 1 aromatic carbocycles. The Balaban J connectivity index is 2.25. The predicted molar refractivity (Wildman–Crippen MR) is 64.8 cm³/mol. The molecule has 0 amide bonds. The Morgan fingerprint density at radius 1 is 1.00 bits per heavy atom. The lowest BCUT2D eigenvalue weighted by Gasteiger charge is -2.17. The van der Waals surface area contributed by atoms with Gasteiger partial charge in [-0.25, -0.2) is 0 Å².